The fourth-order valence-corrected chi connectivity index (χ4v) is 2.37. The predicted molar refractivity (Wildman–Crippen MR) is 71.8 cm³/mol. The van der Waals surface area contributed by atoms with E-state index in [4.69, 9.17) is 5.73 Å². The number of hydrogen-bond donors (Lipinski definition) is 3. The van der Waals surface area contributed by atoms with Crippen LogP contribution in [0.15, 0.2) is 41.9 Å². The van der Waals surface area contributed by atoms with Crippen LogP contribution in [0.25, 0.3) is 0 Å². The van der Waals surface area contributed by atoms with Crippen LogP contribution in [0.4, 0.5) is 5.95 Å². The number of benzene rings is 1. The van der Waals surface area contributed by atoms with E-state index in [0.717, 1.165) is 5.56 Å². The fourth-order valence-electron chi connectivity index (χ4n) is 2.37. The predicted octanol–water partition coefficient (Wildman–Crippen LogP) is 0.758. The van der Waals surface area contributed by atoms with E-state index in [0.29, 0.717) is 17.2 Å². The van der Waals surface area contributed by atoms with E-state index < -0.39 is 11.9 Å². The highest BCUT2D eigenvalue weighted by Crippen LogP contribution is 2.34. The Morgan fingerprint density at radius 1 is 1.40 bits per heavy atom. The number of phenols is 1. The maximum atomic E-state index is 11.8. The second kappa shape index (κ2) is 4.37. The molecule has 1 amide bonds. The first-order valence-corrected chi connectivity index (χ1v) is 6.04. The van der Waals surface area contributed by atoms with Crippen LogP contribution in [-0.2, 0) is 4.79 Å². The van der Waals surface area contributed by atoms with Crippen molar-refractivity contribution in [1.29, 1.82) is 0 Å². The van der Waals surface area contributed by atoms with Gasteiger partial charge in [0.2, 0.25) is 11.9 Å². The number of nitrogens with two attached hydrogens (primary N) is 1. The molecule has 4 N–H and O–H groups in total. The van der Waals surface area contributed by atoms with Crippen molar-refractivity contribution in [3.05, 3.63) is 47.4 Å². The molecule has 102 valence electrons. The molecule has 3 rings (SSSR count). The number of aromatic hydroxyl groups is 1. The van der Waals surface area contributed by atoms with E-state index >= 15 is 0 Å². The van der Waals surface area contributed by atoms with E-state index in [-0.39, 0.29) is 5.75 Å². The normalized spacial score (nSPS) is 17.6. The summed E-state index contributed by atoms with van der Waals surface area (Å²) in [7, 11) is 0. The summed E-state index contributed by atoms with van der Waals surface area (Å²) in [5.74, 6) is 0.183. The van der Waals surface area contributed by atoms with Gasteiger partial charge in [-0.2, -0.15) is 10.1 Å². The molecule has 2 aromatic rings. The number of anilines is 1. The fraction of sp³-hybridized carbons (Fsp3) is 0.154. The number of fused-ring (bicyclic) bond motifs is 1. The SMILES string of the molecule is CC1=C(C(N)=O)C(c2ccc(O)cc2)n2ncnc2N1. The molecule has 1 aliphatic rings. The van der Waals surface area contributed by atoms with E-state index in [1.807, 2.05) is 0 Å². The van der Waals surface area contributed by atoms with Crippen molar-refractivity contribution in [2.24, 2.45) is 5.73 Å². The second-order valence-electron chi connectivity index (χ2n) is 4.55. The first-order chi connectivity index (χ1) is 9.58. The highest BCUT2D eigenvalue weighted by Gasteiger charge is 2.31. The molecule has 2 heterocycles. The molecule has 0 radical (unpaired) electrons. The molecule has 0 saturated carbocycles. The van der Waals surface area contributed by atoms with Gasteiger partial charge in [0.1, 0.15) is 18.1 Å². The molecular formula is C13H13N5O2. The van der Waals surface area contributed by atoms with Gasteiger partial charge in [0, 0.05) is 5.70 Å². The monoisotopic (exact) mass is 271 g/mol. The number of aromatic nitrogens is 3. The van der Waals surface area contributed by atoms with Crippen LogP contribution < -0.4 is 11.1 Å². The number of carbonyl (C=O) groups excluding carboxylic acids is 1. The number of carbonyl (C=O) groups is 1. The number of hydrogen-bond acceptors (Lipinski definition) is 5. The quantitative estimate of drug-likeness (QED) is 0.747. The van der Waals surface area contributed by atoms with Gasteiger partial charge in [0.05, 0.1) is 5.57 Å². The van der Waals surface area contributed by atoms with Crippen molar-refractivity contribution < 1.29 is 9.90 Å². The Bertz CT molecular complexity index is 702. The van der Waals surface area contributed by atoms with Crippen molar-refractivity contribution in [1.82, 2.24) is 14.8 Å². The average molecular weight is 271 g/mol. The van der Waals surface area contributed by atoms with Crippen LogP contribution >= 0.6 is 0 Å². The summed E-state index contributed by atoms with van der Waals surface area (Å²) in [6.07, 6.45) is 1.41. The maximum absolute atomic E-state index is 11.8. The van der Waals surface area contributed by atoms with E-state index in [1.54, 1.807) is 35.9 Å². The van der Waals surface area contributed by atoms with Gasteiger partial charge >= 0.3 is 0 Å². The summed E-state index contributed by atoms with van der Waals surface area (Å²) in [5, 5.41) is 16.5. The Labute approximate surface area is 114 Å². The van der Waals surface area contributed by atoms with E-state index in [1.165, 1.54) is 6.33 Å². The molecule has 7 nitrogen and oxygen atoms in total. The third kappa shape index (κ3) is 1.80. The summed E-state index contributed by atoms with van der Waals surface area (Å²) in [5.41, 5.74) is 7.36. The molecular weight excluding hydrogens is 258 g/mol. The number of amides is 1. The Kier molecular flexibility index (Phi) is 2.67. The third-order valence-corrected chi connectivity index (χ3v) is 3.27. The largest absolute Gasteiger partial charge is 0.508 e. The highest BCUT2D eigenvalue weighted by molar-refractivity contribution is 5.95. The first-order valence-electron chi connectivity index (χ1n) is 6.04. The smallest absolute Gasteiger partial charge is 0.248 e. The molecule has 1 atom stereocenters. The number of allylic oxidation sites excluding steroid dienone is 1. The topological polar surface area (TPSA) is 106 Å². The van der Waals surface area contributed by atoms with Gasteiger partial charge in [-0.05, 0) is 24.6 Å². The van der Waals surface area contributed by atoms with Gasteiger partial charge in [0.25, 0.3) is 0 Å². The minimum Gasteiger partial charge on any atom is -0.508 e. The van der Waals surface area contributed by atoms with Crippen LogP contribution in [-0.4, -0.2) is 25.8 Å². The van der Waals surface area contributed by atoms with Gasteiger partial charge in [-0.1, -0.05) is 12.1 Å². The van der Waals surface area contributed by atoms with Gasteiger partial charge in [-0.15, -0.1) is 0 Å². The number of rotatable bonds is 2. The molecule has 1 aromatic carbocycles. The number of phenolic OH excluding ortho intramolecular Hbond substituents is 1. The number of primary amides is 1. The highest BCUT2D eigenvalue weighted by atomic mass is 16.3. The van der Waals surface area contributed by atoms with Gasteiger partial charge in [-0.25, -0.2) is 4.68 Å². The number of nitrogens with zero attached hydrogens (tertiary/aromatic N) is 3. The molecule has 1 aliphatic heterocycles. The summed E-state index contributed by atoms with van der Waals surface area (Å²) in [6, 6.07) is 6.12. The standard InChI is InChI=1S/C13H13N5O2/c1-7-10(12(14)20)11(8-2-4-9(19)5-3-8)18-13(17-7)15-6-16-18/h2-6,11,19H,1H3,(H2,14,20)(H,15,16,17). The lowest BCUT2D eigenvalue weighted by Crippen LogP contribution is -2.31. The Morgan fingerprint density at radius 3 is 2.75 bits per heavy atom. The van der Waals surface area contributed by atoms with Crippen molar-refractivity contribution >= 4 is 11.9 Å². The molecule has 1 aromatic heterocycles. The van der Waals surface area contributed by atoms with Crippen LogP contribution in [0.2, 0.25) is 0 Å². The lowest BCUT2D eigenvalue weighted by Gasteiger charge is -2.27. The zero-order chi connectivity index (χ0) is 14.3. The van der Waals surface area contributed by atoms with Gasteiger partial charge < -0.3 is 16.2 Å². The lowest BCUT2D eigenvalue weighted by atomic mass is 9.95. The molecule has 20 heavy (non-hydrogen) atoms. The maximum Gasteiger partial charge on any atom is 0.248 e. The Morgan fingerprint density at radius 2 is 2.10 bits per heavy atom. The van der Waals surface area contributed by atoms with Gasteiger partial charge in [0.15, 0.2) is 0 Å². The van der Waals surface area contributed by atoms with E-state index in [2.05, 4.69) is 15.4 Å². The van der Waals surface area contributed by atoms with Crippen LogP contribution in [0.5, 0.6) is 5.75 Å². The summed E-state index contributed by atoms with van der Waals surface area (Å²) in [6.45, 7) is 1.77. The summed E-state index contributed by atoms with van der Waals surface area (Å²) < 4.78 is 1.60. The number of nitrogens with one attached hydrogen (secondary N) is 1. The zero-order valence-corrected chi connectivity index (χ0v) is 10.7. The molecule has 0 bridgehead atoms. The molecule has 0 aliphatic carbocycles. The lowest BCUT2D eigenvalue weighted by molar-refractivity contribution is -0.115. The van der Waals surface area contributed by atoms with Crippen molar-refractivity contribution in [2.75, 3.05) is 5.32 Å². The second-order valence-corrected chi connectivity index (χ2v) is 4.55. The van der Waals surface area contributed by atoms with Gasteiger partial charge in [-0.3, -0.25) is 4.79 Å². The third-order valence-electron chi connectivity index (χ3n) is 3.27. The molecule has 7 heteroatoms. The first kappa shape index (κ1) is 12.2. The van der Waals surface area contributed by atoms with E-state index in [9.17, 15) is 9.90 Å². The molecule has 1 unspecified atom stereocenters. The molecule has 0 saturated heterocycles. The molecule has 0 fully saturated rings. The molecule has 0 spiro atoms. The summed E-state index contributed by atoms with van der Waals surface area (Å²) in [4.78, 5) is 15.9. The summed E-state index contributed by atoms with van der Waals surface area (Å²) >= 11 is 0. The van der Waals surface area contributed by atoms with Crippen LogP contribution in [0, 0.1) is 0 Å². The zero-order valence-electron chi connectivity index (χ0n) is 10.7. The Hall–Kier alpha value is -2.83. The van der Waals surface area contributed by atoms with Crippen LogP contribution in [0.3, 0.4) is 0 Å². The van der Waals surface area contributed by atoms with Crippen LogP contribution in [0.1, 0.15) is 18.5 Å². The van der Waals surface area contributed by atoms with Crippen molar-refractivity contribution in [3.63, 3.8) is 0 Å². The van der Waals surface area contributed by atoms with Crippen molar-refractivity contribution in [3.8, 4) is 5.75 Å². The minimum absolute atomic E-state index is 0.155. The Balaban J connectivity index is 2.19. The minimum atomic E-state index is -0.519. The average Bonchev–Trinajstić information content (AvgIpc) is 2.85. The van der Waals surface area contributed by atoms with Crippen molar-refractivity contribution in [2.45, 2.75) is 13.0 Å².